The van der Waals surface area contributed by atoms with Crippen molar-refractivity contribution in [2.24, 2.45) is 5.73 Å². The molecule has 0 aliphatic heterocycles. The molecule has 1 heterocycles. The number of halogens is 3. The Hall–Kier alpha value is -1.28. The lowest BCUT2D eigenvalue weighted by atomic mass is 10.5. The van der Waals surface area contributed by atoms with Crippen molar-refractivity contribution in [2.75, 3.05) is 26.2 Å². The molecule has 1 rings (SSSR count). The van der Waals surface area contributed by atoms with Crippen LogP contribution in [0.25, 0.3) is 0 Å². The zero-order valence-electron chi connectivity index (χ0n) is 11.0. The molecule has 4 N–H and O–H groups in total. The summed E-state index contributed by atoms with van der Waals surface area (Å²) in [6.07, 6.45) is 1.47. The molecule has 0 aromatic carbocycles. The number of nitrogens with one attached hydrogen (secondary N) is 2. The Morgan fingerprint density at radius 3 is 2.52 bits per heavy atom. The molecule has 7 nitrogen and oxygen atoms in total. The van der Waals surface area contributed by atoms with E-state index < -0.39 is 0 Å². The van der Waals surface area contributed by atoms with Crippen LogP contribution in [-0.2, 0) is 9.59 Å². The van der Waals surface area contributed by atoms with E-state index in [9.17, 15) is 9.59 Å². The zero-order valence-corrected chi connectivity index (χ0v) is 13.4. The van der Waals surface area contributed by atoms with Gasteiger partial charge in [0, 0.05) is 12.3 Å². The van der Waals surface area contributed by atoms with E-state index in [0.29, 0.717) is 17.4 Å². The van der Waals surface area contributed by atoms with E-state index in [1.54, 1.807) is 12.1 Å². The summed E-state index contributed by atoms with van der Waals surface area (Å²) in [6, 6.07) is 3.29. The van der Waals surface area contributed by atoms with Crippen molar-refractivity contribution < 1.29 is 14.3 Å². The number of pyridine rings is 1. The first-order chi connectivity index (χ1) is 9.11. The molecule has 2 amide bonds. The lowest BCUT2D eigenvalue weighted by Gasteiger charge is -2.07. The SMILES string of the molecule is Cl.Cl.NCC(=O)NCC(=O)NCCOc1ccc(Cl)cn1. The predicted molar refractivity (Wildman–Crippen MR) is 84.3 cm³/mol. The van der Waals surface area contributed by atoms with Gasteiger partial charge in [-0.1, -0.05) is 11.6 Å². The summed E-state index contributed by atoms with van der Waals surface area (Å²) < 4.78 is 5.27. The highest BCUT2D eigenvalue weighted by atomic mass is 35.5. The van der Waals surface area contributed by atoms with Crippen molar-refractivity contribution in [3.05, 3.63) is 23.4 Å². The van der Waals surface area contributed by atoms with Gasteiger partial charge in [-0.15, -0.1) is 24.8 Å². The number of carbonyl (C=O) groups excluding carboxylic acids is 2. The van der Waals surface area contributed by atoms with E-state index in [1.807, 2.05) is 0 Å². The smallest absolute Gasteiger partial charge is 0.239 e. The summed E-state index contributed by atoms with van der Waals surface area (Å²) >= 11 is 5.67. The number of amides is 2. The summed E-state index contributed by atoms with van der Waals surface area (Å²) in [5.41, 5.74) is 5.07. The summed E-state index contributed by atoms with van der Waals surface area (Å²) in [6.45, 7) is 0.334. The molecule has 0 aliphatic rings. The Balaban J connectivity index is 0. The summed E-state index contributed by atoms with van der Waals surface area (Å²) in [5.74, 6) is -0.263. The molecule has 0 radical (unpaired) electrons. The Morgan fingerprint density at radius 2 is 1.95 bits per heavy atom. The van der Waals surface area contributed by atoms with Gasteiger partial charge in [0.05, 0.1) is 24.7 Å². The maximum Gasteiger partial charge on any atom is 0.239 e. The highest BCUT2D eigenvalue weighted by Gasteiger charge is 2.03. The van der Waals surface area contributed by atoms with E-state index in [0.717, 1.165) is 0 Å². The monoisotopic (exact) mass is 358 g/mol. The minimum atomic E-state index is -0.378. The third kappa shape index (κ3) is 10.1. The molecule has 0 spiro atoms. The normalized spacial score (nSPS) is 8.86. The molecular formula is C11H17Cl3N4O3. The lowest BCUT2D eigenvalue weighted by Crippen LogP contribution is -2.40. The molecule has 0 unspecified atom stereocenters. The topological polar surface area (TPSA) is 106 Å². The van der Waals surface area contributed by atoms with Crippen molar-refractivity contribution in [2.45, 2.75) is 0 Å². The quantitative estimate of drug-likeness (QED) is 0.601. The predicted octanol–water partition coefficient (Wildman–Crippen LogP) is 0.149. The highest BCUT2D eigenvalue weighted by molar-refractivity contribution is 6.30. The van der Waals surface area contributed by atoms with E-state index in [1.165, 1.54) is 6.20 Å². The molecule has 0 saturated carbocycles. The van der Waals surface area contributed by atoms with Crippen molar-refractivity contribution in [3.8, 4) is 5.88 Å². The fraction of sp³-hybridized carbons (Fsp3) is 0.364. The van der Waals surface area contributed by atoms with Gasteiger partial charge in [-0.25, -0.2) is 4.98 Å². The number of hydrogen-bond acceptors (Lipinski definition) is 5. The number of nitrogens with zero attached hydrogens (tertiary/aromatic N) is 1. The molecular weight excluding hydrogens is 343 g/mol. The van der Waals surface area contributed by atoms with Crippen LogP contribution < -0.4 is 21.1 Å². The van der Waals surface area contributed by atoms with E-state index in [4.69, 9.17) is 22.1 Å². The third-order valence-corrected chi connectivity index (χ3v) is 2.23. The minimum Gasteiger partial charge on any atom is -0.476 e. The van der Waals surface area contributed by atoms with Crippen molar-refractivity contribution in [3.63, 3.8) is 0 Å². The van der Waals surface area contributed by atoms with Crippen LogP contribution in [0.15, 0.2) is 18.3 Å². The standard InChI is InChI=1S/C11H15ClN4O3.2ClH/c12-8-1-2-11(16-6-8)19-4-3-14-10(18)7-15-9(17)5-13;;/h1-2,6H,3-5,7,13H2,(H,14,18)(H,15,17);2*1H. The van der Waals surface area contributed by atoms with Gasteiger partial charge in [-0.05, 0) is 6.07 Å². The van der Waals surface area contributed by atoms with Crippen molar-refractivity contribution in [1.29, 1.82) is 0 Å². The molecule has 1 aromatic rings. The minimum absolute atomic E-state index is 0. The van der Waals surface area contributed by atoms with Crippen LogP contribution in [0.1, 0.15) is 0 Å². The van der Waals surface area contributed by atoms with Gasteiger partial charge in [0.15, 0.2) is 0 Å². The van der Waals surface area contributed by atoms with Crippen LogP contribution >= 0.6 is 36.4 Å². The molecule has 21 heavy (non-hydrogen) atoms. The Kier molecular flexibility index (Phi) is 13.1. The average Bonchev–Trinajstić information content (AvgIpc) is 2.42. The van der Waals surface area contributed by atoms with Gasteiger partial charge in [0.1, 0.15) is 6.61 Å². The van der Waals surface area contributed by atoms with Crippen LogP contribution in [0, 0.1) is 0 Å². The van der Waals surface area contributed by atoms with Crippen molar-refractivity contribution >= 4 is 48.2 Å². The van der Waals surface area contributed by atoms with Crippen LogP contribution in [-0.4, -0.2) is 43.0 Å². The Labute approximate surface area is 139 Å². The summed E-state index contributed by atoms with van der Waals surface area (Å²) in [5, 5.41) is 5.45. The maximum atomic E-state index is 11.3. The number of rotatable bonds is 7. The average molecular weight is 360 g/mol. The van der Waals surface area contributed by atoms with Gasteiger partial charge in [0.25, 0.3) is 0 Å². The molecule has 1 aromatic heterocycles. The number of carbonyl (C=O) groups is 2. The Morgan fingerprint density at radius 1 is 1.24 bits per heavy atom. The molecule has 0 aliphatic carbocycles. The largest absolute Gasteiger partial charge is 0.476 e. The van der Waals surface area contributed by atoms with Gasteiger partial charge in [-0.2, -0.15) is 0 Å². The van der Waals surface area contributed by atoms with Crippen LogP contribution in [0.3, 0.4) is 0 Å². The zero-order chi connectivity index (χ0) is 14.1. The van der Waals surface area contributed by atoms with Gasteiger partial charge >= 0.3 is 0 Å². The second-order valence-corrected chi connectivity index (χ2v) is 3.93. The number of ether oxygens (including phenoxy) is 1. The van der Waals surface area contributed by atoms with Crippen LogP contribution in [0.2, 0.25) is 5.02 Å². The molecule has 120 valence electrons. The summed E-state index contributed by atoms with van der Waals surface area (Å²) in [4.78, 5) is 26.0. The molecule has 0 atom stereocenters. The number of nitrogens with two attached hydrogens (primary N) is 1. The first-order valence-electron chi connectivity index (χ1n) is 5.59. The van der Waals surface area contributed by atoms with Crippen LogP contribution in [0.5, 0.6) is 5.88 Å². The fourth-order valence-electron chi connectivity index (χ4n) is 1.11. The van der Waals surface area contributed by atoms with Gasteiger partial charge < -0.3 is 21.1 Å². The highest BCUT2D eigenvalue weighted by Crippen LogP contribution is 2.10. The summed E-state index contributed by atoms with van der Waals surface area (Å²) in [7, 11) is 0. The first kappa shape index (κ1) is 22.0. The molecule has 0 fully saturated rings. The number of aromatic nitrogens is 1. The fourth-order valence-corrected chi connectivity index (χ4v) is 1.22. The van der Waals surface area contributed by atoms with E-state index in [-0.39, 0.29) is 56.3 Å². The van der Waals surface area contributed by atoms with Gasteiger partial charge in [-0.3, -0.25) is 9.59 Å². The second kappa shape index (κ2) is 12.5. The van der Waals surface area contributed by atoms with E-state index >= 15 is 0 Å². The maximum absolute atomic E-state index is 11.3. The molecule has 10 heteroatoms. The lowest BCUT2D eigenvalue weighted by molar-refractivity contribution is -0.125. The Bertz CT molecular complexity index is 431. The molecule has 0 bridgehead atoms. The third-order valence-electron chi connectivity index (χ3n) is 2.01. The van der Waals surface area contributed by atoms with E-state index in [2.05, 4.69) is 15.6 Å². The second-order valence-electron chi connectivity index (χ2n) is 3.49. The van der Waals surface area contributed by atoms with Crippen LogP contribution in [0.4, 0.5) is 0 Å². The first-order valence-corrected chi connectivity index (χ1v) is 5.97. The number of hydrogen-bond donors (Lipinski definition) is 3. The van der Waals surface area contributed by atoms with Crippen molar-refractivity contribution in [1.82, 2.24) is 15.6 Å². The van der Waals surface area contributed by atoms with Gasteiger partial charge in [0.2, 0.25) is 17.7 Å². The molecule has 0 saturated heterocycles.